The summed E-state index contributed by atoms with van der Waals surface area (Å²) in [6.07, 6.45) is 3.48. The molecule has 1 fully saturated rings. The van der Waals surface area contributed by atoms with Gasteiger partial charge >= 0.3 is 0 Å². The predicted molar refractivity (Wildman–Crippen MR) is 81.8 cm³/mol. The van der Waals surface area contributed by atoms with Gasteiger partial charge < -0.3 is 15.4 Å². The molecule has 2 rings (SSSR count). The standard InChI is InChI=1S/C16H25FN2O/c1-4-16(3)6-8-19(9-7-16)14-11-15(20-5-2)12(17)10-13(14)18/h10-11H,4-9,18H2,1-3H3. The topological polar surface area (TPSA) is 38.5 Å². The Kier molecular flexibility index (Phi) is 4.41. The molecule has 0 atom stereocenters. The SMILES string of the molecule is CCOc1cc(N2CCC(C)(CC)CC2)c(N)cc1F. The summed E-state index contributed by atoms with van der Waals surface area (Å²) in [6, 6.07) is 3.11. The van der Waals surface area contributed by atoms with Crippen LogP contribution in [-0.4, -0.2) is 19.7 Å². The van der Waals surface area contributed by atoms with Crippen LogP contribution in [0.15, 0.2) is 12.1 Å². The van der Waals surface area contributed by atoms with Crippen LogP contribution in [0.1, 0.15) is 40.0 Å². The Morgan fingerprint density at radius 1 is 1.30 bits per heavy atom. The number of hydrogen-bond donors (Lipinski definition) is 1. The zero-order valence-electron chi connectivity index (χ0n) is 12.7. The fourth-order valence-corrected chi connectivity index (χ4v) is 2.74. The first-order chi connectivity index (χ1) is 9.49. The fourth-order valence-electron chi connectivity index (χ4n) is 2.74. The Balaban J connectivity index is 2.19. The minimum absolute atomic E-state index is 0.292. The maximum atomic E-state index is 13.7. The molecule has 1 aromatic rings. The van der Waals surface area contributed by atoms with Gasteiger partial charge in [-0.3, -0.25) is 0 Å². The first-order valence-corrected chi connectivity index (χ1v) is 7.46. The molecule has 0 unspecified atom stereocenters. The Morgan fingerprint density at radius 2 is 1.95 bits per heavy atom. The van der Waals surface area contributed by atoms with Crippen LogP contribution in [0.25, 0.3) is 0 Å². The normalized spacial score (nSPS) is 18.1. The van der Waals surface area contributed by atoms with E-state index in [4.69, 9.17) is 10.5 Å². The van der Waals surface area contributed by atoms with Gasteiger partial charge in [0.25, 0.3) is 0 Å². The Labute approximate surface area is 120 Å². The van der Waals surface area contributed by atoms with Crippen molar-refractivity contribution in [2.24, 2.45) is 5.41 Å². The predicted octanol–water partition coefficient (Wildman–Crippen LogP) is 3.82. The van der Waals surface area contributed by atoms with Gasteiger partial charge in [-0.2, -0.15) is 0 Å². The van der Waals surface area contributed by atoms with Crippen LogP contribution < -0.4 is 15.4 Å². The molecule has 112 valence electrons. The molecule has 4 heteroatoms. The molecule has 1 aliphatic heterocycles. The van der Waals surface area contributed by atoms with Gasteiger partial charge in [0.05, 0.1) is 18.0 Å². The van der Waals surface area contributed by atoms with Gasteiger partial charge in [-0.05, 0) is 25.2 Å². The van der Waals surface area contributed by atoms with Gasteiger partial charge in [-0.1, -0.05) is 20.3 Å². The molecule has 0 aliphatic carbocycles. The number of hydrogen-bond acceptors (Lipinski definition) is 3. The molecular weight excluding hydrogens is 255 g/mol. The van der Waals surface area contributed by atoms with Gasteiger partial charge in [-0.25, -0.2) is 4.39 Å². The highest BCUT2D eigenvalue weighted by Gasteiger charge is 2.29. The third-order valence-corrected chi connectivity index (χ3v) is 4.55. The average Bonchev–Trinajstić information content (AvgIpc) is 2.43. The largest absolute Gasteiger partial charge is 0.491 e. The highest BCUT2D eigenvalue weighted by Crippen LogP contribution is 2.38. The number of nitrogens with two attached hydrogens (primary N) is 1. The molecule has 0 aromatic heterocycles. The van der Waals surface area contributed by atoms with Crippen LogP contribution in [0, 0.1) is 11.2 Å². The van der Waals surface area contributed by atoms with Gasteiger partial charge in [0.2, 0.25) is 0 Å². The van der Waals surface area contributed by atoms with E-state index in [0.717, 1.165) is 31.6 Å². The summed E-state index contributed by atoms with van der Waals surface area (Å²) in [5.74, 6) is -0.0935. The number of nitrogen functional groups attached to an aromatic ring is 1. The molecule has 20 heavy (non-hydrogen) atoms. The van der Waals surface area contributed by atoms with E-state index in [-0.39, 0.29) is 5.82 Å². The summed E-state index contributed by atoms with van der Waals surface area (Å²) in [5, 5.41) is 0. The van der Waals surface area contributed by atoms with Crippen molar-refractivity contribution in [3.8, 4) is 5.75 Å². The van der Waals surface area contributed by atoms with Crippen molar-refractivity contribution >= 4 is 11.4 Å². The minimum atomic E-state index is -0.386. The van der Waals surface area contributed by atoms with Crippen LogP contribution in [0.4, 0.5) is 15.8 Å². The number of ether oxygens (including phenoxy) is 1. The number of rotatable bonds is 4. The third-order valence-electron chi connectivity index (χ3n) is 4.55. The zero-order chi connectivity index (χ0) is 14.8. The van der Waals surface area contributed by atoms with E-state index in [1.807, 2.05) is 6.92 Å². The van der Waals surface area contributed by atoms with Crippen molar-refractivity contribution < 1.29 is 9.13 Å². The number of benzene rings is 1. The Bertz CT molecular complexity index is 468. The second kappa shape index (κ2) is 5.90. The van der Waals surface area contributed by atoms with Crippen LogP contribution in [0.5, 0.6) is 5.75 Å². The van der Waals surface area contributed by atoms with E-state index in [2.05, 4.69) is 18.7 Å². The minimum Gasteiger partial charge on any atom is -0.491 e. The van der Waals surface area contributed by atoms with Crippen molar-refractivity contribution in [1.82, 2.24) is 0 Å². The molecule has 0 bridgehead atoms. The Morgan fingerprint density at radius 3 is 2.50 bits per heavy atom. The van der Waals surface area contributed by atoms with Crippen molar-refractivity contribution in [2.45, 2.75) is 40.0 Å². The van der Waals surface area contributed by atoms with E-state index in [1.165, 1.54) is 12.5 Å². The van der Waals surface area contributed by atoms with Crippen molar-refractivity contribution in [2.75, 3.05) is 30.3 Å². The second-order valence-corrected chi connectivity index (χ2v) is 5.93. The number of piperidine rings is 1. The first-order valence-electron chi connectivity index (χ1n) is 7.46. The van der Waals surface area contributed by atoms with Crippen LogP contribution in [-0.2, 0) is 0 Å². The number of halogens is 1. The molecule has 1 aliphatic rings. The van der Waals surface area contributed by atoms with Gasteiger partial charge in [0, 0.05) is 25.2 Å². The fraction of sp³-hybridized carbons (Fsp3) is 0.625. The van der Waals surface area contributed by atoms with Crippen molar-refractivity contribution in [3.05, 3.63) is 17.9 Å². The van der Waals surface area contributed by atoms with Crippen molar-refractivity contribution in [3.63, 3.8) is 0 Å². The average molecular weight is 280 g/mol. The molecular formula is C16H25FN2O. The first kappa shape index (κ1) is 14.9. The molecule has 0 amide bonds. The lowest BCUT2D eigenvalue weighted by Crippen LogP contribution is -2.38. The van der Waals surface area contributed by atoms with Gasteiger partial charge in [-0.15, -0.1) is 0 Å². The summed E-state index contributed by atoms with van der Waals surface area (Å²) in [4.78, 5) is 2.24. The van der Waals surface area contributed by atoms with Gasteiger partial charge in [0.15, 0.2) is 11.6 Å². The molecule has 2 N–H and O–H groups in total. The molecule has 0 spiro atoms. The van der Waals surface area contributed by atoms with Gasteiger partial charge in [0.1, 0.15) is 0 Å². The van der Waals surface area contributed by atoms with Crippen LogP contribution >= 0.6 is 0 Å². The monoisotopic (exact) mass is 280 g/mol. The molecule has 1 saturated heterocycles. The summed E-state index contributed by atoms with van der Waals surface area (Å²) < 4.78 is 19.1. The van der Waals surface area contributed by atoms with Crippen LogP contribution in [0.3, 0.4) is 0 Å². The van der Waals surface area contributed by atoms with Crippen LogP contribution in [0.2, 0.25) is 0 Å². The highest BCUT2D eigenvalue weighted by atomic mass is 19.1. The number of anilines is 2. The highest BCUT2D eigenvalue weighted by molar-refractivity contribution is 5.70. The lowest BCUT2D eigenvalue weighted by molar-refractivity contribution is 0.238. The summed E-state index contributed by atoms with van der Waals surface area (Å²) >= 11 is 0. The van der Waals surface area contributed by atoms with Crippen molar-refractivity contribution in [1.29, 1.82) is 0 Å². The summed E-state index contributed by atoms with van der Waals surface area (Å²) in [6.45, 7) is 8.81. The molecule has 0 saturated carbocycles. The maximum absolute atomic E-state index is 13.7. The van der Waals surface area contributed by atoms with E-state index >= 15 is 0 Å². The van der Waals surface area contributed by atoms with E-state index in [1.54, 1.807) is 6.07 Å². The molecule has 3 nitrogen and oxygen atoms in total. The molecule has 0 radical (unpaired) electrons. The summed E-state index contributed by atoms with van der Waals surface area (Å²) in [5.41, 5.74) is 7.79. The molecule has 1 aromatic carbocycles. The molecule has 1 heterocycles. The third kappa shape index (κ3) is 3.00. The maximum Gasteiger partial charge on any atom is 0.167 e. The van der Waals surface area contributed by atoms with E-state index in [0.29, 0.717) is 23.5 Å². The summed E-state index contributed by atoms with van der Waals surface area (Å²) in [7, 11) is 0. The van der Waals surface area contributed by atoms with E-state index < -0.39 is 0 Å². The number of nitrogens with zero attached hydrogens (tertiary/aromatic N) is 1. The lowest BCUT2D eigenvalue weighted by atomic mass is 9.78. The smallest absolute Gasteiger partial charge is 0.167 e. The quantitative estimate of drug-likeness (QED) is 0.852. The Hall–Kier alpha value is -1.45. The lowest BCUT2D eigenvalue weighted by Gasteiger charge is -2.40. The zero-order valence-corrected chi connectivity index (χ0v) is 12.7. The van der Waals surface area contributed by atoms with E-state index in [9.17, 15) is 4.39 Å². The second-order valence-electron chi connectivity index (χ2n) is 5.93.